The van der Waals surface area contributed by atoms with Gasteiger partial charge in [0.25, 0.3) is 0 Å². The van der Waals surface area contributed by atoms with Crippen LogP contribution in [-0.2, 0) is 0 Å². The minimum atomic E-state index is 0.378. The third-order valence-electron chi connectivity index (χ3n) is 2.08. The van der Waals surface area contributed by atoms with Crippen LogP contribution in [0, 0.1) is 0 Å². The fraction of sp³-hybridized carbons (Fsp3) is 0.750. The molecule has 0 saturated heterocycles. The molecule has 9 heavy (non-hydrogen) atoms. The molecule has 0 aromatic rings. The maximum Gasteiger partial charge on any atom is 0.0253 e. The topological polar surface area (TPSA) is 26.0 Å². The van der Waals surface area contributed by atoms with Gasteiger partial charge in [0.2, 0.25) is 0 Å². The van der Waals surface area contributed by atoms with Crippen molar-refractivity contribution in [3.8, 4) is 0 Å². The highest BCUT2D eigenvalue weighted by molar-refractivity contribution is 5.10. The zero-order valence-corrected chi connectivity index (χ0v) is 6.06. The molecule has 1 heteroatoms. The molecule has 0 aliphatic heterocycles. The lowest BCUT2D eigenvalue weighted by molar-refractivity contribution is 0.535. The number of nitrogens with two attached hydrogens (primary N) is 1. The predicted molar refractivity (Wildman–Crippen MR) is 40.2 cm³/mol. The Morgan fingerprint density at radius 1 is 1.56 bits per heavy atom. The van der Waals surface area contributed by atoms with Crippen LogP contribution < -0.4 is 5.73 Å². The Morgan fingerprint density at radius 2 is 2.33 bits per heavy atom. The van der Waals surface area contributed by atoms with Crippen LogP contribution >= 0.6 is 0 Å². The number of allylic oxidation sites excluding steroid dienone is 1. The Morgan fingerprint density at radius 3 is 2.78 bits per heavy atom. The van der Waals surface area contributed by atoms with Crippen molar-refractivity contribution in [2.45, 2.75) is 38.6 Å². The molecule has 52 valence electrons. The second kappa shape index (κ2) is 3.02. The van der Waals surface area contributed by atoms with Crippen LogP contribution in [0.1, 0.15) is 32.6 Å². The molecule has 1 aliphatic carbocycles. The summed E-state index contributed by atoms with van der Waals surface area (Å²) in [5, 5.41) is 0. The van der Waals surface area contributed by atoms with Gasteiger partial charge in [-0.1, -0.05) is 18.1 Å². The van der Waals surface area contributed by atoms with Gasteiger partial charge in [-0.2, -0.15) is 0 Å². The summed E-state index contributed by atoms with van der Waals surface area (Å²) < 4.78 is 0. The highest BCUT2D eigenvalue weighted by Gasteiger charge is 2.12. The molecular formula is C8H15N. The molecule has 1 aliphatic rings. The number of hydrogen-bond donors (Lipinski definition) is 1. The first kappa shape index (κ1) is 6.81. The van der Waals surface area contributed by atoms with Gasteiger partial charge >= 0.3 is 0 Å². The van der Waals surface area contributed by atoms with Gasteiger partial charge in [0, 0.05) is 6.04 Å². The van der Waals surface area contributed by atoms with Gasteiger partial charge in [-0.15, -0.1) is 0 Å². The molecule has 0 amide bonds. The Labute approximate surface area is 56.9 Å². The third kappa shape index (κ3) is 1.55. The SMILES string of the molecule is C/C=C1\CCCCC1N. The van der Waals surface area contributed by atoms with E-state index >= 15 is 0 Å². The summed E-state index contributed by atoms with van der Waals surface area (Å²) in [6, 6.07) is 0.378. The largest absolute Gasteiger partial charge is 0.324 e. The molecule has 0 aromatic heterocycles. The Balaban J connectivity index is 2.49. The smallest absolute Gasteiger partial charge is 0.0253 e. The molecule has 1 unspecified atom stereocenters. The summed E-state index contributed by atoms with van der Waals surface area (Å²) in [4.78, 5) is 0. The van der Waals surface area contributed by atoms with Crippen molar-refractivity contribution in [1.29, 1.82) is 0 Å². The highest BCUT2D eigenvalue weighted by atomic mass is 14.6. The van der Waals surface area contributed by atoms with E-state index in [4.69, 9.17) is 5.73 Å². The van der Waals surface area contributed by atoms with Gasteiger partial charge in [0.15, 0.2) is 0 Å². The Kier molecular flexibility index (Phi) is 2.29. The van der Waals surface area contributed by atoms with Crippen molar-refractivity contribution in [1.82, 2.24) is 0 Å². The fourth-order valence-electron chi connectivity index (χ4n) is 1.42. The summed E-state index contributed by atoms with van der Waals surface area (Å²) in [7, 11) is 0. The first-order chi connectivity index (χ1) is 4.34. The lowest BCUT2D eigenvalue weighted by Crippen LogP contribution is -2.25. The van der Waals surface area contributed by atoms with Crippen LogP contribution in [0.15, 0.2) is 11.6 Å². The first-order valence-electron chi connectivity index (χ1n) is 3.75. The number of rotatable bonds is 0. The van der Waals surface area contributed by atoms with E-state index in [9.17, 15) is 0 Å². The molecule has 0 spiro atoms. The Hall–Kier alpha value is -0.300. The molecule has 1 rings (SSSR count). The van der Waals surface area contributed by atoms with Crippen LogP contribution in [0.2, 0.25) is 0 Å². The molecular weight excluding hydrogens is 110 g/mol. The second-order valence-electron chi connectivity index (χ2n) is 2.72. The summed E-state index contributed by atoms with van der Waals surface area (Å²) in [6.45, 7) is 2.08. The quantitative estimate of drug-likeness (QED) is 0.491. The molecule has 1 saturated carbocycles. The van der Waals surface area contributed by atoms with E-state index in [-0.39, 0.29) is 0 Å². The van der Waals surface area contributed by atoms with Crippen molar-refractivity contribution in [3.05, 3.63) is 11.6 Å². The lowest BCUT2D eigenvalue weighted by Gasteiger charge is -2.20. The fourth-order valence-corrected chi connectivity index (χ4v) is 1.42. The summed E-state index contributed by atoms with van der Waals surface area (Å²) in [5.41, 5.74) is 7.28. The van der Waals surface area contributed by atoms with Crippen molar-refractivity contribution < 1.29 is 0 Å². The molecule has 0 aromatic carbocycles. The number of hydrogen-bond acceptors (Lipinski definition) is 1. The van der Waals surface area contributed by atoms with Gasteiger partial charge in [0.1, 0.15) is 0 Å². The van der Waals surface area contributed by atoms with E-state index in [2.05, 4.69) is 13.0 Å². The molecule has 0 bridgehead atoms. The third-order valence-corrected chi connectivity index (χ3v) is 2.08. The first-order valence-corrected chi connectivity index (χ1v) is 3.75. The summed E-state index contributed by atoms with van der Waals surface area (Å²) >= 11 is 0. The zero-order chi connectivity index (χ0) is 6.69. The molecule has 0 radical (unpaired) electrons. The Bertz CT molecular complexity index is 116. The van der Waals surface area contributed by atoms with Crippen LogP contribution in [-0.4, -0.2) is 6.04 Å². The molecule has 1 fully saturated rings. The van der Waals surface area contributed by atoms with Gasteiger partial charge in [0.05, 0.1) is 0 Å². The second-order valence-corrected chi connectivity index (χ2v) is 2.72. The predicted octanol–water partition coefficient (Wildman–Crippen LogP) is 1.83. The van der Waals surface area contributed by atoms with Crippen molar-refractivity contribution in [2.24, 2.45) is 5.73 Å². The van der Waals surface area contributed by atoms with Gasteiger partial charge < -0.3 is 5.73 Å². The van der Waals surface area contributed by atoms with Crippen LogP contribution in [0.5, 0.6) is 0 Å². The van der Waals surface area contributed by atoms with Gasteiger partial charge in [-0.25, -0.2) is 0 Å². The van der Waals surface area contributed by atoms with Crippen LogP contribution in [0.3, 0.4) is 0 Å². The highest BCUT2D eigenvalue weighted by Crippen LogP contribution is 2.21. The van der Waals surface area contributed by atoms with Gasteiger partial charge in [-0.05, 0) is 26.2 Å². The molecule has 1 atom stereocenters. The summed E-state index contributed by atoms with van der Waals surface area (Å²) in [6.07, 6.45) is 7.26. The molecule has 2 N–H and O–H groups in total. The van der Waals surface area contributed by atoms with Gasteiger partial charge in [-0.3, -0.25) is 0 Å². The van der Waals surface area contributed by atoms with Crippen LogP contribution in [0.25, 0.3) is 0 Å². The van der Waals surface area contributed by atoms with Crippen molar-refractivity contribution in [2.75, 3.05) is 0 Å². The minimum Gasteiger partial charge on any atom is -0.324 e. The van der Waals surface area contributed by atoms with E-state index in [0.29, 0.717) is 6.04 Å². The lowest BCUT2D eigenvalue weighted by atomic mass is 9.91. The normalized spacial score (nSPS) is 33.1. The van der Waals surface area contributed by atoms with Crippen LogP contribution in [0.4, 0.5) is 0 Å². The van der Waals surface area contributed by atoms with E-state index < -0.39 is 0 Å². The van der Waals surface area contributed by atoms with E-state index in [1.54, 1.807) is 0 Å². The maximum atomic E-state index is 5.82. The van der Waals surface area contributed by atoms with E-state index in [1.165, 1.54) is 31.3 Å². The standard InChI is InChI=1S/C8H15N/c1-2-7-5-3-4-6-8(7)9/h2,8H,3-6,9H2,1H3/b7-2+. The minimum absolute atomic E-state index is 0.378. The maximum absolute atomic E-state index is 5.82. The van der Waals surface area contributed by atoms with Crippen molar-refractivity contribution in [3.63, 3.8) is 0 Å². The zero-order valence-electron chi connectivity index (χ0n) is 6.06. The molecule has 0 heterocycles. The average Bonchev–Trinajstić information content (AvgIpc) is 1.89. The van der Waals surface area contributed by atoms with Crippen molar-refractivity contribution >= 4 is 0 Å². The monoisotopic (exact) mass is 125 g/mol. The molecule has 1 nitrogen and oxygen atoms in total. The summed E-state index contributed by atoms with van der Waals surface area (Å²) in [5.74, 6) is 0. The van der Waals surface area contributed by atoms with E-state index in [0.717, 1.165) is 0 Å². The average molecular weight is 125 g/mol. The van der Waals surface area contributed by atoms with E-state index in [1.807, 2.05) is 0 Å².